The van der Waals surface area contributed by atoms with Crippen LogP contribution >= 0.6 is 12.4 Å². The highest BCUT2D eigenvalue weighted by Gasteiger charge is 2.17. The molecule has 138 valence electrons. The first-order chi connectivity index (χ1) is 12.5. The van der Waals surface area contributed by atoms with Crippen LogP contribution in [0.4, 0.5) is 0 Å². The zero-order valence-electron chi connectivity index (χ0n) is 15.3. The summed E-state index contributed by atoms with van der Waals surface area (Å²) < 4.78 is 9.86. The first kappa shape index (κ1) is 18.7. The lowest BCUT2D eigenvalue weighted by atomic mass is 10.1. The minimum Gasteiger partial charge on any atom is -0.454 e. The molecule has 5 nitrogen and oxygen atoms in total. The van der Waals surface area contributed by atoms with Gasteiger partial charge in [0.15, 0.2) is 5.75 Å². The van der Waals surface area contributed by atoms with Crippen LogP contribution in [0.2, 0.25) is 0 Å². The van der Waals surface area contributed by atoms with Crippen molar-refractivity contribution in [3.05, 3.63) is 77.0 Å². The van der Waals surface area contributed by atoms with Gasteiger partial charge in [0.25, 0.3) is 0 Å². The Kier molecular flexibility index (Phi) is 5.06. The van der Waals surface area contributed by atoms with Gasteiger partial charge in [-0.05, 0) is 37.3 Å². The first-order valence-electron chi connectivity index (χ1n) is 8.40. The van der Waals surface area contributed by atoms with Gasteiger partial charge in [0.05, 0.1) is 5.52 Å². The van der Waals surface area contributed by atoms with Gasteiger partial charge in [0, 0.05) is 37.5 Å². The van der Waals surface area contributed by atoms with Gasteiger partial charge in [-0.25, -0.2) is 4.98 Å². The van der Waals surface area contributed by atoms with E-state index in [1.54, 1.807) is 17.7 Å². The molecule has 0 aliphatic rings. The summed E-state index contributed by atoms with van der Waals surface area (Å²) in [6, 6.07) is 17.1. The van der Waals surface area contributed by atoms with Gasteiger partial charge >= 0.3 is 0 Å². The molecule has 0 saturated heterocycles. The summed E-state index contributed by atoms with van der Waals surface area (Å²) in [6.45, 7) is 1.97. The van der Waals surface area contributed by atoms with Crippen LogP contribution in [0.25, 0.3) is 22.2 Å². The molecule has 0 unspecified atom stereocenters. The minimum atomic E-state index is -0.0472. The Labute approximate surface area is 163 Å². The maximum absolute atomic E-state index is 11.8. The van der Waals surface area contributed by atoms with Crippen LogP contribution in [0.1, 0.15) is 5.82 Å². The van der Waals surface area contributed by atoms with Crippen molar-refractivity contribution in [3.63, 3.8) is 0 Å². The molecule has 4 rings (SSSR count). The molecule has 4 aromatic rings. The number of hydrogen-bond donors (Lipinski definition) is 0. The number of fused-ring (bicyclic) bond motifs is 1. The summed E-state index contributed by atoms with van der Waals surface area (Å²) in [5.41, 5.74) is 3.56. The van der Waals surface area contributed by atoms with Gasteiger partial charge < -0.3 is 13.9 Å². The van der Waals surface area contributed by atoms with Crippen LogP contribution in [-0.4, -0.2) is 14.1 Å². The number of imidazole rings is 1. The average molecular weight is 382 g/mol. The van der Waals surface area contributed by atoms with Crippen molar-refractivity contribution in [1.82, 2.24) is 14.1 Å². The molecule has 0 N–H and O–H groups in total. The summed E-state index contributed by atoms with van der Waals surface area (Å²) in [5, 5.41) is 0. The van der Waals surface area contributed by atoms with E-state index in [0.29, 0.717) is 5.75 Å². The van der Waals surface area contributed by atoms with Crippen molar-refractivity contribution in [2.24, 2.45) is 14.1 Å². The van der Waals surface area contributed by atoms with Gasteiger partial charge in [0.1, 0.15) is 17.1 Å². The molecule has 0 amide bonds. The highest BCUT2D eigenvalue weighted by Crippen LogP contribution is 2.39. The minimum absolute atomic E-state index is 0. The predicted octanol–water partition coefficient (Wildman–Crippen LogP) is 4.46. The van der Waals surface area contributed by atoms with E-state index in [2.05, 4.69) is 0 Å². The van der Waals surface area contributed by atoms with Crippen molar-refractivity contribution >= 4 is 23.4 Å². The molecule has 0 radical (unpaired) electrons. The van der Waals surface area contributed by atoms with Gasteiger partial charge in [-0.1, -0.05) is 18.2 Å². The van der Waals surface area contributed by atoms with Crippen molar-refractivity contribution in [2.75, 3.05) is 0 Å². The van der Waals surface area contributed by atoms with Crippen molar-refractivity contribution < 1.29 is 4.74 Å². The number of aromatic nitrogens is 3. The average Bonchev–Trinajstić information content (AvgIpc) is 2.94. The lowest BCUT2D eigenvalue weighted by Crippen LogP contribution is -2.14. The SMILES string of the molecule is Cc1nc2c(Oc3ccccc3)c(-c3ccc(=O)n(C)c3)ccc2n1C.Cl. The first-order valence-corrected chi connectivity index (χ1v) is 8.40. The second kappa shape index (κ2) is 7.29. The fraction of sp³-hybridized carbons (Fsp3) is 0.143. The molecule has 0 aliphatic carbocycles. The van der Waals surface area contributed by atoms with E-state index in [1.165, 1.54) is 0 Å². The topological polar surface area (TPSA) is 49.0 Å². The van der Waals surface area contributed by atoms with Crippen molar-refractivity contribution in [2.45, 2.75) is 6.92 Å². The van der Waals surface area contributed by atoms with Crippen LogP contribution < -0.4 is 10.3 Å². The zero-order chi connectivity index (χ0) is 18.3. The van der Waals surface area contributed by atoms with Crippen LogP contribution in [-0.2, 0) is 14.1 Å². The molecular formula is C21H20ClN3O2. The smallest absolute Gasteiger partial charge is 0.250 e. The molecule has 2 aromatic carbocycles. The highest BCUT2D eigenvalue weighted by molar-refractivity contribution is 5.91. The Balaban J connectivity index is 0.00000210. The van der Waals surface area contributed by atoms with Gasteiger partial charge in [-0.15, -0.1) is 12.4 Å². The fourth-order valence-corrected chi connectivity index (χ4v) is 3.04. The Morgan fingerprint density at radius 2 is 1.70 bits per heavy atom. The second-order valence-corrected chi connectivity index (χ2v) is 6.31. The number of ether oxygens (including phenoxy) is 1. The number of benzene rings is 2. The number of nitrogens with zero attached hydrogens (tertiary/aromatic N) is 3. The third-order valence-corrected chi connectivity index (χ3v) is 4.59. The fourth-order valence-electron chi connectivity index (χ4n) is 3.04. The monoisotopic (exact) mass is 381 g/mol. The van der Waals surface area contributed by atoms with Crippen LogP contribution in [0.15, 0.2) is 65.6 Å². The van der Waals surface area contributed by atoms with Crippen molar-refractivity contribution in [1.29, 1.82) is 0 Å². The van der Waals surface area contributed by atoms with E-state index >= 15 is 0 Å². The standard InChI is InChI=1S/C21H19N3O2.ClH/c1-14-22-20-18(24(14)3)11-10-17(15-9-12-19(25)23(2)13-15)21(20)26-16-7-5-4-6-8-16;/h4-13H,1-3H3;1H. The molecular weight excluding hydrogens is 362 g/mol. The molecule has 0 fully saturated rings. The van der Waals surface area contributed by atoms with E-state index < -0.39 is 0 Å². The predicted molar refractivity (Wildman–Crippen MR) is 110 cm³/mol. The number of halogens is 1. The van der Waals surface area contributed by atoms with Crippen molar-refractivity contribution in [3.8, 4) is 22.6 Å². The summed E-state index contributed by atoms with van der Waals surface area (Å²) in [5.74, 6) is 2.35. The third kappa shape index (κ3) is 3.34. The maximum Gasteiger partial charge on any atom is 0.250 e. The highest BCUT2D eigenvalue weighted by atomic mass is 35.5. The Morgan fingerprint density at radius 3 is 2.41 bits per heavy atom. The van der Waals surface area contributed by atoms with Gasteiger partial charge in [-0.3, -0.25) is 4.79 Å². The summed E-state index contributed by atoms with van der Waals surface area (Å²) in [4.78, 5) is 16.5. The molecule has 6 heteroatoms. The summed E-state index contributed by atoms with van der Waals surface area (Å²) >= 11 is 0. The lowest BCUT2D eigenvalue weighted by molar-refractivity contribution is 0.489. The van der Waals surface area contributed by atoms with E-state index in [4.69, 9.17) is 9.72 Å². The third-order valence-electron chi connectivity index (χ3n) is 4.59. The quantitative estimate of drug-likeness (QED) is 0.526. The Bertz CT molecular complexity index is 1160. The molecule has 0 atom stereocenters. The van der Waals surface area contributed by atoms with E-state index in [9.17, 15) is 4.79 Å². The molecule has 0 spiro atoms. The van der Waals surface area contributed by atoms with E-state index in [-0.39, 0.29) is 18.0 Å². The number of hydrogen-bond acceptors (Lipinski definition) is 3. The lowest BCUT2D eigenvalue weighted by Gasteiger charge is -2.13. The Hall–Kier alpha value is -3.05. The number of aryl methyl sites for hydroxylation is 3. The molecule has 2 heterocycles. The summed E-state index contributed by atoms with van der Waals surface area (Å²) in [6.07, 6.45) is 1.82. The molecule has 0 bridgehead atoms. The normalized spacial score (nSPS) is 10.6. The summed E-state index contributed by atoms with van der Waals surface area (Å²) in [7, 11) is 3.73. The molecule has 0 aliphatic heterocycles. The van der Waals surface area contributed by atoms with Crippen LogP contribution in [0, 0.1) is 6.92 Å². The maximum atomic E-state index is 11.8. The van der Waals surface area contributed by atoms with Gasteiger partial charge in [0.2, 0.25) is 5.56 Å². The number of para-hydroxylation sites is 1. The number of rotatable bonds is 3. The molecule has 2 aromatic heterocycles. The second-order valence-electron chi connectivity index (χ2n) is 6.31. The molecule has 27 heavy (non-hydrogen) atoms. The Morgan fingerprint density at radius 1 is 0.963 bits per heavy atom. The number of pyridine rings is 1. The van der Waals surface area contributed by atoms with Crippen LogP contribution in [0.3, 0.4) is 0 Å². The van der Waals surface area contributed by atoms with E-state index in [0.717, 1.165) is 33.7 Å². The van der Waals surface area contributed by atoms with E-state index in [1.807, 2.05) is 73.3 Å². The zero-order valence-corrected chi connectivity index (χ0v) is 16.2. The van der Waals surface area contributed by atoms with Gasteiger partial charge in [-0.2, -0.15) is 0 Å². The molecule has 0 saturated carbocycles. The largest absolute Gasteiger partial charge is 0.454 e. The van der Waals surface area contributed by atoms with Crippen LogP contribution in [0.5, 0.6) is 11.5 Å².